The summed E-state index contributed by atoms with van der Waals surface area (Å²) >= 11 is 0. The number of amides is 1. The molecule has 1 fully saturated rings. The Labute approximate surface area is 121 Å². The number of nitrogens with one attached hydrogen (secondary N) is 1. The van der Waals surface area contributed by atoms with Gasteiger partial charge in [0, 0.05) is 5.69 Å². The maximum absolute atomic E-state index is 13.1. The molecule has 2 bridgehead atoms. The molecule has 4 atom stereocenters. The molecule has 0 aliphatic heterocycles. The number of hydrogen-bond acceptors (Lipinski definition) is 2. The van der Waals surface area contributed by atoms with E-state index in [0.717, 1.165) is 6.42 Å². The molecule has 21 heavy (non-hydrogen) atoms. The van der Waals surface area contributed by atoms with Crippen molar-refractivity contribution in [2.24, 2.45) is 23.7 Å². The van der Waals surface area contributed by atoms with Crippen LogP contribution in [0.25, 0.3) is 0 Å². The quantitative estimate of drug-likeness (QED) is 0.841. The van der Waals surface area contributed by atoms with E-state index >= 15 is 0 Å². The van der Waals surface area contributed by atoms with E-state index in [1.807, 2.05) is 12.2 Å². The molecule has 0 saturated heterocycles. The minimum absolute atomic E-state index is 0.0168. The molecule has 1 aromatic carbocycles. The summed E-state index contributed by atoms with van der Waals surface area (Å²) in [6.45, 7) is 1.70. The Hall–Kier alpha value is -2.17. The summed E-state index contributed by atoms with van der Waals surface area (Å²) in [4.78, 5) is 23.9. The molecule has 5 heteroatoms. The lowest BCUT2D eigenvalue weighted by Gasteiger charge is -2.24. The number of anilines is 1. The van der Waals surface area contributed by atoms with Crippen molar-refractivity contribution < 1.29 is 19.1 Å². The molecule has 3 rings (SSSR count). The largest absolute Gasteiger partial charge is 0.481 e. The third-order valence-electron chi connectivity index (χ3n) is 4.49. The highest BCUT2D eigenvalue weighted by Crippen LogP contribution is 2.48. The molecule has 0 heterocycles. The molecule has 0 aromatic heterocycles. The van der Waals surface area contributed by atoms with Crippen LogP contribution in [0.2, 0.25) is 0 Å². The van der Waals surface area contributed by atoms with Gasteiger partial charge in [-0.15, -0.1) is 0 Å². The zero-order valence-corrected chi connectivity index (χ0v) is 11.5. The number of fused-ring (bicyclic) bond motifs is 2. The SMILES string of the molecule is Cc1cc(F)ccc1NC(=O)C1C2C=CC(C2)C1C(=O)O. The molecule has 2 aliphatic carbocycles. The summed E-state index contributed by atoms with van der Waals surface area (Å²) in [7, 11) is 0. The number of carbonyl (C=O) groups is 2. The van der Waals surface area contributed by atoms with Crippen molar-refractivity contribution in [1.82, 2.24) is 0 Å². The van der Waals surface area contributed by atoms with Crippen LogP contribution in [0.1, 0.15) is 12.0 Å². The van der Waals surface area contributed by atoms with Gasteiger partial charge >= 0.3 is 5.97 Å². The average molecular weight is 289 g/mol. The highest BCUT2D eigenvalue weighted by Gasteiger charge is 2.51. The van der Waals surface area contributed by atoms with Gasteiger partial charge in [-0.25, -0.2) is 4.39 Å². The van der Waals surface area contributed by atoms with Crippen LogP contribution in [-0.4, -0.2) is 17.0 Å². The van der Waals surface area contributed by atoms with E-state index in [2.05, 4.69) is 5.32 Å². The monoisotopic (exact) mass is 289 g/mol. The highest BCUT2D eigenvalue weighted by molar-refractivity contribution is 5.96. The molecule has 0 spiro atoms. The van der Waals surface area contributed by atoms with Gasteiger partial charge in [-0.3, -0.25) is 9.59 Å². The lowest BCUT2D eigenvalue weighted by atomic mass is 9.82. The number of carboxylic acid groups (broad SMARTS) is 1. The Bertz CT molecular complexity index is 640. The Morgan fingerprint density at radius 1 is 1.24 bits per heavy atom. The Morgan fingerprint density at radius 3 is 2.52 bits per heavy atom. The number of aliphatic carboxylic acids is 1. The van der Waals surface area contributed by atoms with Crippen LogP contribution in [0.15, 0.2) is 30.4 Å². The standard InChI is InChI=1S/C16H16FNO3/c1-8-6-11(17)4-5-12(8)18-15(19)13-9-2-3-10(7-9)14(13)16(20)21/h2-6,9-10,13-14H,7H2,1H3,(H,18,19)(H,20,21). The van der Waals surface area contributed by atoms with E-state index in [0.29, 0.717) is 11.3 Å². The van der Waals surface area contributed by atoms with Crippen LogP contribution >= 0.6 is 0 Å². The zero-order valence-electron chi connectivity index (χ0n) is 11.5. The van der Waals surface area contributed by atoms with Crippen LogP contribution in [0, 0.1) is 36.4 Å². The smallest absolute Gasteiger partial charge is 0.307 e. The van der Waals surface area contributed by atoms with E-state index in [1.165, 1.54) is 18.2 Å². The van der Waals surface area contributed by atoms with Gasteiger partial charge in [0.05, 0.1) is 11.8 Å². The number of halogens is 1. The first-order valence-corrected chi connectivity index (χ1v) is 6.95. The van der Waals surface area contributed by atoms with Crippen LogP contribution in [-0.2, 0) is 9.59 Å². The van der Waals surface area contributed by atoms with Crippen LogP contribution in [0.4, 0.5) is 10.1 Å². The van der Waals surface area contributed by atoms with Crippen molar-refractivity contribution in [3.8, 4) is 0 Å². The Morgan fingerprint density at radius 2 is 1.90 bits per heavy atom. The first-order valence-electron chi connectivity index (χ1n) is 6.95. The average Bonchev–Trinajstić information content (AvgIpc) is 3.02. The molecular weight excluding hydrogens is 273 g/mol. The fourth-order valence-corrected chi connectivity index (χ4v) is 3.50. The van der Waals surface area contributed by atoms with E-state index in [4.69, 9.17) is 0 Å². The lowest BCUT2D eigenvalue weighted by molar-refractivity contribution is -0.146. The van der Waals surface area contributed by atoms with Crippen molar-refractivity contribution >= 4 is 17.6 Å². The van der Waals surface area contributed by atoms with Gasteiger partial charge in [0.15, 0.2) is 0 Å². The maximum Gasteiger partial charge on any atom is 0.307 e. The van der Waals surface area contributed by atoms with Crippen LogP contribution < -0.4 is 5.32 Å². The predicted octanol–water partition coefficient (Wildman–Crippen LogP) is 2.60. The second kappa shape index (κ2) is 4.98. The topological polar surface area (TPSA) is 66.4 Å². The molecular formula is C16H16FNO3. The predicted molar refractivity (Wildman–Crippen MR) is 75.1 cm³/mol. The Kier molecular flexibility index (Phi) is 3.27. The molecule has 1 saturated carbocycles. The number of carboxylic acids is 1. The number of hydrogen-bond donors (Lipinski definition) is 2. The van der Waals surface area contributed by atoms with E-state index in [9.17, 15) is 19.1 Å². The van der Waals surface area contributed by atoms with Crippen molar-refractivity contribution in [2.45, 2.75) is 13.3 Å². The van der Waals surface area contributed by atoms with Gasteiger partial charge in [0.1, 0.15) is 5.82 Å². The molecule has 110 valence electrons. The van der Waals surface area contributed by atoms with Gasteiger partial charge in [0.2, 0.25) is 5.91 Å². The normalized spacial score (nSPS) is 29.6. The fraction of sp³-hybridized carbons (Fsp3) is 0.375. The minimum atomic E-state index is -0.928. The van der Waals surface area contributed by atoms with Crippen molar-refractivity contribution in [3.63, 3.8) is 0 Å². The summed E-state index contributed by atoms with van der Waals surface area (Å²) in [5.41, 5.74) is 1.14. The van der Waals surface area contributed by atoms with Gasteiger partial charge < -0.3 is 10.4 Å². The van der Waals surface area contributed by atoms with Crippen LogP contribution in [0.5, 0.6) is 0 Å². The van der Waals surface area contributed by atoms with Crippen molar-refractivity contribution in [2.75, 3.05) is 5.32 Å². The zero-order chi connectivity index (χ0) is 15.1. The maximum atomic E-state index is 13.1. The van der Waals surface area contributed by atoms with Crippen LogP contribution in [0.3, 0.4) is 0 Å². The molecule has 1 aromatic rings. The third-order valence-corrected chi connectivity index (χ3v) is 4.49. The van der Waals surface area contributed by atoms with E-state index < -0.39 is 17.8 Å². The van der Waals surface area contributed by atoms with Gasteiger partial charge in [-0.1, -0.05) is 12.2 Å². The molecule has 1 amide bonds. The van der Waals surface area contributed by atoms with Gasteiger partial charge in [-0.05, 0) is 48.9 Å². The molecule has 4 nitrogen and oxygen atoms in total. The first kappa shape index (κ1) is 13.8. The number of benzene rings is 1. The van der Waals surface area contributed by atoms with E-state index in [-0.39, 0.29) is 23.6 Å². The number of carbonyl (C=O) groups excluding carboxylic acids is 1. The van der Waals surface area contributed by atoms with Gasteiger partial charge in [-0.2, -0.15) is 0 Å². The van der Waals surface area contributed by atoms with E-state index in [1.54, 1.807) is 6.92 Å². The number of aryl methyl sites for hydroxylation is 1. The summed E-state index contributed by atoms with van der Waals surface area (Å²) < 4.78 is 13.1. The van der Waals surface area contributed by atoms with Gasteiger partial charge in [0.25, 0.3) is 0 Å². The molecule has 2 N–H and O–H groups in total. The number of allylic oxidation sites excluding steroid dienone is 2. The Balaban J connectivity index is 1.82. The summed E-state index contributed by atoms with van der Waals surface area (Å²) in [5, 5.41) is 12.1. The summed E-state index contributed by atoms with van der Waals surface area (Å²) in [6.07, 6.45) is 4.56. The van der Waals surface area contributed by atoms with Crippen molar-refractivity contribution in [1.29, 1.82) is 0 Å². The third kappa shape index (κ3) is 2.33. The fourth-order valence-electron chi connectivity index (χ4n) is 3.50. The second-order valence-electron chi connectivity index (χ2n) is 5.79. The first-order chi connectivity index (χ1) is 9.97. The minimum Gasteiger partial charge on any atom is -0.481 e. The van der Waals surface area contributed by atoms with Crippen molar-refractivity contribution in [3.05, 3.63) is 41.7 Å². The summed E-state index contributed by atoms with van der Waals surface area (Å²) in [5.74, 6) is -2.88. The highest BCUT2D eigenvalue weighted by atomic mass is 19.1. The lowest BCUT2D eigenvalue weighted by Crippen LogP contribution is -2.36. The molecule has 0 radical (unpaired) electrons. The number of rotatable bonds is 3. The molecule has 2 aliphatic rings. The second-order valence-corrected chi connectivity index (χ2v) is 5.79. The summed E-state index contributed by atoms with van der Waals surface area (Å²) in [6, 6.07) is 4.12. The molecule has 4 unspecified atom stereocenters.